The average Bonchev–Trinajstić information content (AvgIpc) is 2.40. The Kier molecular flexibility index (Phi) is 4.15. The third-order valence-corrected chi connectivity index (χ3v) is 3.22. The van der Waals surface area contributed by atoms with Crippen LogP contribution in [-0.2, 0) is 9.53 Å². The van der Waals surface area contributed by atoms with Gasteiger partial charge in [-0.3, -0.25) is 4.79 Å². The standard InChI is InChI=1S/C15H19NO2/c1-12(14-6-4-3-5-7-14)10-15(17)16-8-9-18-11-13(16)2/h3-7,10,13H,8-9,11H2,1-2H3/b12-10+. The van der Waals surface area contributed by atoms with Crippen molar-refractivity contribution in [2.45, 2.75) is 19.9 Å². The van der Waals surface area contributed by atoms with E-state index in [-0.39, 0.29) is 11.9 Å². The third kappa shape index (κ3) is 2.99. The van der Waals surface area contributed by atoms with E-state index in [4.69, 9.17) is 4.74 Å². The molecule has 1 amide bonds. The van der Waals surface area contributed by atoms with E-state index in [0.717, 1.165) is 11.1 Å². The summed E-state index contributed by atoms with van der Waals surface area (Å²) in [7, 11) is 0. The van der Waals surface area contributed by atoms with E-state index in [9.17, 15) is 4.79 Å². The summed E-state index contributed by atoms with van der Waals surface area (Å²) in [6.45, 7) is 5.93. The van der Waals surface area contributed by atoms with Crippen LogP contribution >= 0.6 is 0 Å². The van der Waals surface area contributed by atoms with E-state index in [0.29, 0.717) is 19.8 Å². The molecule has 2 rings (SSSR count). The van der Waals surface area contributed by atoms with E-state index in [2.05, 4.69) is 0 Å². The number of benzene rings is 1. The highest BCUT2D eigenvalue weighted by molar-refractivity contribution is 5.95. The lowest BCUT2D eigenvalue weighted by atomic mass is 10.1. The molecule has 0 N–H and O–H groups in total. The summed E-state index contributed by atoms with van der Waals surface area (Å²) in [5, 5.41) is 0. The molecule has 1 aromatic rings. The highest BCUT2D eigenvalue weighted by Crippen LogP contribution is 2.15. The van der Waals surface area contributed by atoms with Crippen LogP contribution in [0.1, 0.15) is 19.4 Å². The van der Waals surface area contributed by atoms with Crippen LogP contribution in [0.3, 0.4) is 0 Å². The average molecular weight is 245 g/mol. The maximum atomic E-state index is 12.2. The Morgan fingerprint density at radius 2 is 2.11 bits per heavy atom. The monoisotopic (exact) mass is 245 g/mol. The lowest BCUT2D eigenvalue weighted by molar-refractivity contribution is -0.133. The van der Waals surface area contributed by atoms with Crippen molar-refractivity contribution in [2.24, 2.45) is 0 Å². The summed E-state index contributed by atoms with van der Waals surface area (Å²) in [6.07, 6.45) is 1.72. The number of carbonyl (C=O) groups is 1. The minimum atomic E-state index is 0.0761. The summed E-state index contributed by atoms with van der Waals surface area (Å²) in [5.74, 6) is 0.0761. The normalized spacial score (nSPS) is 20.9. The van der Waals surface area contributed by atoms with Crippen molar-refractivity contribution >= 4 is 11.5 Å². The van der Waals surface area contributed by atoms with Gasteiger partial charge >= 0.3 is 0 Å². The van der Waals surface area contributed by atoms with Gasteiger partial charge in [0.1, 0.15) is 0 Å². The first-order chi connectivity index (χ1) is 8.68. The number of carbonyl (C=O) groups excluding carboxylic acids is 1. The van der Waals surface area contributed by atoms with Gasteiger partial charge < -0.3 is 9.64 Å². The SMILES string of the molecule is C/C(=C\C(=O)N1CCOCC1C)c1ccccc1. The first kappa shape index (κ1) is 12.8. The van der Waals surface area contributed by atoms with Crippen molar-refractivity contribution in [1.82, 2.24) is 4.90 Å². The van der Waals surface area contributed by atoms with Gasteiger partial charge in [-0.05, 0) is 25.0 Å². The van der Waals surface area contributed by atoms with Gasteiger partial charge in [-0.1, -0.05) is 30.3 Å². The predicted molar refractivity (Wildman–Crippen MR) is 72.1 cm³/mol. The maximum absolute atomic E-state index is 12.2. The van der Waals surface area contributed by atoms with E-state index >= 15 is 0 Å². The predicted octanol–water partition coefficient (Wildman–Crippen LogP) is 2.34. The molecule has 1 saturated heterocycles. The Labute approximate surface area is 108 Å². The highest BCUT2D eigenvalue weighted by atomic mass is 16.5. The van der Waals surface area contributed by atoms with E-state index in [1.165, 1.54) is 0 Å². The molecule has 0 spiro atoms. The molecule has 3 heteroatoms. The molecule has 1 aliphatic heterocycles. The van der Waals surface area contributed by atoms with Crippen LogP contribution in [0, 0.1) is 0 Å². The molecule has 0 radical (unpaired) electrons. The van der Waals surface area contributed by atoms with Gasteiger partial charge in [-0.25, -0.2) is 0 Å². The molecule has 1 unspecified atom stereocenters. The number of ether oxygens (including phenoxy) is 1. The molecule has 0 bridgehead atoms. The second-order valence-corrected chi connectivity index (χ2v) is 4.65. The smallest absolute Gasteiger partial charge is 0.247 e. The second kappa shape index (κ2) is 5.83. The highest BCUT2D eigenvalue weighted by Gasteiger charge is 2.22. The summed E-state index contributed by atoms with van der Waals surface area (Å²) < 4.78 is 5.34. The van der Waals surface area contributed by atoms with Gasteiger partial charge in [-0.15, -0.1) is 0 Å². The van der Waals surface area contributed by atoms with Crippen molar-refractivity contribution < 1.29 is 9.53 Å². The zero-order chi connectivity index (χ0) is 13.0. The number of allylic oxidation sites excluding steroid dienone is 1. The molecule has 96 valence electrons. The Bertz CT molecular complexity index is 439. The first-order valence-corrected chi connectivity index (χ1v) is 6.30. The van der Waals surface area contributed by atoms with Crippen molar-refractivity contribution in [1.29, 1.82) is 0 Å². The fraction of sp³-hybridized carbons (Fsp3) is 0.400. The van der Waals surface area contributed by atoms with Crippen LogP contribution in [0.25, 0.3) is 5.57 Å². The molecule has 0 aromatic heterocycles. The van der Waals surface area contributed by atoms with Crippen molar-refractivity contribution in [3.8, 4) is 0 Å². The Balaban J connectivity index is 2.10. The molecular formula is C15H19NO2. The van der Waals surface area contributed by atoms with Gasteiger partial charge in [-0.2, -0.15) is 0 Å². The van der Waals surface area contributed by atoms with Gasteiger partial charge in [0.2, 0.25) is 5.91 Å². The Morgan fingerprint density at radius 1 is 1.39 bits per heavy atom. The fourth-order valence-electron chi connectivity index (χ4n) is 2.11. The number of morpholine rings is 1. The summed E-state index contributed by atoms with van der Waals surface area (Å²) in [4.78, 5) is 14.1. The molecule has 18 heavy (non-hydrogen) atoms. The van der Waals surface area contributed by atoms with Crippen molar-refractivity contribution in [3.05, 3.63) is 42.0 Å². The molecule has 1 atom stereocenters. The fourth-order valence-corrected chi connectivity index (χ4v) is 2.11. The molecular weight excluding hydrogens is 226 g/mol. The van der Waals surface area contributed by atoms with E-state index in [1.54, 1.807) is 6.08 Å². The minimum Gasteiger partial charge on any atom is -0.377 e. The largest absolute Gasteiger partial charge is 0.377 e. The third-order valence-electron chi connectivity index (χ3n) is 3.22. The lowest BCUT2D eigenvalue weighted by Crippen LogP contribution is -2.46. The summed E-state index contributed by atoms with van der Waals surface area (Å²) in [5.41, 5.74) is 2.09. The summed E-state index contributed by atoms with van der Waals surface area (Å²) in [6, 6.07) is 10.1. The van der Waals surface area contributed by atoms with Crippen LogP contribution in [0.5, 0.6) is 0 Å². The molecule has 3 nitrogen and oxygen atoms in total. The molecule has 1 fully saturated rings. The zero-order valence-electron chi connectivity index (χ0n) is 10.9. The topological polar surface area (TPSA) is 29.5 Å². The van der Waals surface area contributed by atoms with Gasteiger partial charge in [0.05, 0.1) is 19.3 Å². The lowest BCUT2D eigenvalue weighted by Gasteiger charge is -2.32. The van der Waals surface area contributed by atoms with E-state index < -0.39 is 0 Å². The van der Waals surface area contributed by atoms with Crippen LogP contribution < -0.4 is 0 Å². The molecule has 0 saturated carbocycles. The minimum absolute atomic E-state index is 0.0761. The summed E-state index contributed by atoms with van der Waals surface area (Å²) >= 11 is 0. The van der Waals surface area contributed by atoms with Crippen LogP contribution in [0.4, 0.5) is 0 Å². The Morgan fingerprint density at radius 3 is 2.78 bits per heavy atom. The molecule has 0 aliphatic carbocycles. The van der Waals surface area contributed by atoms with Gasteiger partial charge in [0.15, 0.2) is 0 Å². The van der Waals surface area contributed by atoms with Gasteiger partial charge in [0, 0.05) is 12.6 Å². The first-order valence-electron chi connectivity index (χ1n) is 6.30. The van der Waals surface area contributed by atoms with Gasteiger partial charge in [0.25, 0.3) is 0 Å². The number of amides is 1. The number of rotatable bonds is 2. The van der Waals surface area contributed by atoms with Crippen molar-refractivity contribution in [3.63, 3.8) is 0 Å². The zero-order valence-corrected chi connectivity index (χ0v) is 10.9. The Hall–Kier alpha value is -1.61. The second-order valence-electron chi connectivity index (χ2n) is 4.65. The number of hydrogen-bond donors (Lipinski definition) is 0. The van der Waals surface area contributed by atoms with Crippen molar-refractivity contribution in [2.75, 3.05) is 19.8 Å². The quantitative estimate of drug-likeness (QED) is 0.748. The number of nitrogens with zero attached hydrogens (tertiary/aromatic N) is 1. The van der Waals surface area contributed by atoms with E-state index in [1.807, 2.05) is 49.1 Å². The van der Waals surface area contributed by atoms with Crippen LogP contribution in [0.2, 0.25) is 0 Å². The van der Waals surface area contributed by atoms with Crippen LogP contribution in [0.15, 0.2) is 36.4 Å². The number of hydrogen-bond acceptors (Lipinski definition) is 2. The molecule has 1 aromatic carbocycles. The van der Waals surface area contributed by atoms with Crippen LogP contribution in [-0.4, -0.2) is 36.6 Å². The molecule has 1 aliphatic rings. The maximum Gasteiger partial charge on any atom is 0.247 e. The molecule has 1 heterocycles.